The molecule has 1 aliphatic heterocycles. The molecule has 0 spiro atoms. The number of amides is 1. The second-order valence-corrected chi connectivity index (χ2v) is 5.73. The maximum atomic E-state index is 11.4. The predicted molar refractivity (Wildman–Crippen MR) is 93.6 cm³/mol. The van der Waals surface area contributed by atoms with E-state index < -0.39 is 0 Å². The monoisotopic (exact) mass is 316 g/mol. The summed E-state index contributed by atoms with van der Waals surface area (Å²) in [5, 5.41) is 6.05. The van der Waals surface area contributed by atoms with Gasteiger partial charge in [0, 0.05) is 30.2 Å². The van der Waals surface area contributed by atoms with Crippen LogP contribution in [-0.2, 0) is 17.8 Å². The minimum atomic E-state index is 0.0406. The molecule has 0 bridgehead atoms. The van der Waals surface area contributed by atoms with E-state index in [2.05, 4.69) is 32.7 Å². The number of aromatic nitrogens is 2. The zero-order valence-electron chi connectivity index (χ0n) is 13.0. The molecule has 5 nitrogen and oxygen atoms in total. The predicted octanol–water partition coefficient (Wildman–Crippen LogP) is 3.25. The Kier molecular flexibility index (Phi) is 3.67. The van der Waals surface area contributed by atoms with E-state index in [9.17, 15) is 4.79 Å². The Morgan fingerprint density at radius 2 is 1.79 bits per heavy atom. The van der Waals surface area contributed by atoms with Gasteiger partial charge in [0.2, 0.25) is 11.9 Å². The number of fused-ring (bicyclic) bond motifs is 1. The second kappa shape index (κ2) is 6.12. The molecule has 0 saturated carbocycles. The molecule has 2 aromatic carbocycles. The van der Waals surface area contributed by atoms with E-state index in [1.54, 1.807) is 12.4 Å². The van der Waals surface area contributed by atoms with Gasteiger partial charge in [0.05, 0.1) is 6.42 Å². The number of nitrogens with one attached hydrogen (secondary N) is 2. The standard InChI is InChI=1S/C19H16N4O/c24-18-9-15-8-14(6-7-17(15)23-18)16-11-21-19(22-12-16)20-10-13-4-2-1-3-5-13/h1-8,11-12H,9-10H2,(H,23,24)(H,20,21,22). The lowest BCUT2D eigenvalue weighted by atomic mass is 10.0. The molecule has 0 aliphatic carbocycles. The van der Waals surface area contributed by atoms with Gasteiger partial charge in [-0.05, 0) is 28.8 Å². The third kappa shape index (κ3) is 2.96. The van der Waals surface area contributed by atoms with E-state index in [0.29, 0.717) is 18.9 Å². The van der Waals surface area contributed by atoms with Crippen molar-refractivity contribution in [2.45, 2.75) is 13.0 Å². The van der Waals surface area contributed by atoms with E-state index in [1.165, 1.54) is 5.56 Å². The van der Waals surface area contributed by atoms with Crippen LogP contribution in [0.2, 0.25) is 0 Å². The van der Waals surface area contributed by atoms with Crippen LogP contribution in [0, 0.1) is 0 Å². The number of nitrogens with zero attached hydrogens (tertiary/aromatic N) is 2. The summed E-state index contributed by atoms with van der Waals surface area (Å²) in [4.78, 5) is 20.2. The molecule has 3 aromatic rings. The molecule has 1 aromatic heterocycles. The van der Waals surface area contributed by atoms with Gasteiger partial charge in [0.15, 0.2) is 0 Å². The van der Waals surface area contributed by atoms with Gasteiger partial charge in [0.1, 0.15) is 0 Å². The minimum Gasteiger partial charge on any atom is -0.350 e. The molecular formula is C19H16N4O. The lowest BCUT2D eigenvalue weighted by Crippen LogP contribution is -2.03. The zero-order valence-corrected chi connectivity index (χ0v) is 13.0. The number of hydrogen-bond acceptors (Lipinski definition) is 4. The molecule has 118 valence electrons. The molecule has 1 aliphatic rings. The van der Waals surface area contributed by atoms with Crippen LogP contribution < -0.4 is 10.6 Å². The van der Waals surface area contributed by atoms with Gasteiger partial charge in [-0.25, -0.2) is 9.97 Å². The molecule has 0 fully saturated rings. The first-order chi connectivity index (χ1) is 11.8. The summed E-state index contributed by atoms with van der Waals surface area (Å²) in [7, 11) is 0. The summed E-state index contributed by atoms with van der Waals surface area (Å²) in [5.41, 5.74) is 5.04. The highest BCUT2D eigenvalue weighted by atomic mass is 16.1. The van der Waals surface area contributed by atoms with Gasteiger partial charge in [-0.1, -0.05) is 36.4 Å². The average Bonchev–Trinajstić information content (AvgIpc) is 3.00. The molecular weight excluding hydrogens is 300 g/mol. The third-order valence-corrected chi connectivity index (χ3v) is 4.01. The van der Waals surface area contributed by atoms with Crippen molar-refractivity contribution in [2.75, 3.05) is 10.6 Å². The van der Waals surface area contributed by atoms with Gasteiger partial charge < -0.3 is 10.6 Å². The molecule has 2 N–H and O–H groups in total. The van der Waals surface area contributed by atoms with Gasteiger partial charge >= 0.3 is 0 Å². The van der Waals surface area contributed by atoms with Crippen LogP contribution in [0.3, 0.4) is 0 Å². The first kappa shape index (κ1) is 14.4. The Morgan fingerprint density at radius 3 is 2.58 bits per heavy atom. The molecule has 0 unspecified atom stereocenters. The number of carbonyl (C=O) groups is 1. The SMILES string of the molecule is O=C1Cc2cc(-c3cnc(NCc4ccccc4)nc3)ccc2N1. The van der Waals surface area contributed by atoms with Gasteiger partial charge in [-0.3, -0.25) is 4.79 Å². The lowest BCUT2D eigenvalue weighted by Gasteiger charge is -2.07. The summed E-state index contributed by atoms with van der Waals surface area (Å²) in [6.07, 6.45) is 4.03. The van der Waals surface area contributed by atoms with E-state index >= 15 is 0 Å². The Morgan fingerprint density at radius 1 is 1.00 bits per heavy atom. The number of anilines is 2. The van der Waals surface area contributed by atoms with Crippen molar-refractivity contribution in [1.29, 1.82) is 0 Å². The summed E-state index contributed by atoms with van der Waals surface area (Å²) in [6.45, 7) is 0.687. The Bertz CT molecular complexity index is 876. The summed E-state index contributed by atoms with van der Waals surface area (Å²) in [5.74, 6) is 0.638. The van der Waals surface area contributed by atoms with Crippen LogP contribution in [0.1, 0.15) is 11.1 Å². The molecule has 5 heteroatoms. The van der Waals surface area contributed by atoms with Crippen LogP contribution in [-0.4, -0.2) is 15.9 Å². The van der Waals surface area contributed by atoms with E-state index in [-0.39, 0.29) is 5.91 Å². The largest absolute Gasteiger partial charge is 0.350 e. The normalized spacial score (nSPS) is 12.6. The highest BCUT2D eigenvalue weighted by Gasteiger charge is 2.17. The van der Waals surface area contributed by atoms with Crippen LogP contribution in [0.5, 0.6) is 0 Å². The van der Waals surface area contributed by atoms with Gasteiger partial charge in [-0.15, -0.1) is 0 Å². The van der Waals surface area contributed by atoms with Crippen LogP contribution in [0.25, 0.3) is 11.1 Å². The van der Waals surface area contributed by atoms with Crippen LogP contribution in [0.15, 0.2) is 60.9 Å². The van der Waals surface area contributed by atoms with Gasteiger partial charge in [0.25, 0.3) is 0 Å². The van der Waals surface area contributed by atoms with Crippen molar-refractivity contribution >= 4 is 17.5 Å². The summed E-state index contributed by atoms with van der Waals surface area (Å²) < 4.78 is 0. The number of rotatable bonds is 4. The third-order valence-electron chi connectivity index (χ3n) is 4.01. The maximum absolute atomic E-state index is 11.4. The fourth-order valence-electron chi connectivity index (χ4n) is 2.75. The molecule has 0 radical (unpaired) electrons. The Hall–Kier alpha value is -3.21. The second-order valence-electron chi connectivity index (χ2n) is 5.73. The molecule has 0 atom stereocenters. The van der Waals surface area contributed by atoms with Crippen LogP contribution in [0.4, 0.5) is 11.6 Å². The van der Waals surface area contributed by atoms with Crippen molar-refractivity contribution in [3.8, 4) is 11.1 Å². The summed E-state index contributed by atoms with van der Waals surface area (Å²) in [6, 6.07) is 16.0. The van der Waals surface area contributed by atoms with E-state index in [0.717, 1.165) is 22.4 Å². The number of benzene rings is 2. The van der Waals surface area contributed by atoms with E-state index in [4.69, 9.17) is 0 Å². The zero-order chi connectivity index (χ0) is 16.4. The first-order valence-electron chi connectivity index (χ1n) is 7.81. The number of carbonyl (C=O) groups excluding carboxylic acids is 1. The topological polar surface area (TPSA) is 66.9 Å². The van der Waals surface area contributed by atoms with Crippen molar-refractivity contribution in [3.63, 3.8) is 0 Å². The average molecular weight is 316 g/mol. The molecule has 1 amide bonds. The highest BCUT2D eigenvalue weighted by Crippen LogP contribution is 2.28. The Labute approximate surface area is 139 Å². The van der Waals surface area contributed by atoms with Gasteiger partial charge in [-0.2, -0.15) is 0 Å². The lowest BCUT2D eigenvalue weighted by molar-refractivity contribution is -0.115. The van der Waals surface area contributed by atoms with Crippen molar-refractivity contribution < 1.29 is 4.79 Å². The highest BCUT2D eigenvalue weighted by molar-refractivity contribution is 5.99. The molecule has 2 heterocycles. The van der Waals surface area contributed by atoms with E-state index in [1.807, 2.05) is 36.4 Å². The fourth-order valence-corrected chi connectivity index (χ4v) is 2.75. The minimum absolute atomic E-state index is 0.0406. The quantitative estimate of drug-likeness (QED) is 0.775. The Balaban J connectivity index is 1.48. The van der Waals surface area contributed by atoms with Crippen molar-refractivity contribution in [3.05, 3.63) is 72.1 Å². The van der Waals surface area contributed by atoms with Crippen molar-refractivity contribution in [2.24, 2.45) is 0 Å². The molecule has 24 heavy (non-hydrogen) atoms. The first-order valence-corrected chi connectivity index (χ1v) is 7.81. The fraction of sp³-hybridized carbons (Fsp3) is 0.105. The molecule has 0 saturated heterocycles. The van der Waals surface area contributed by atoms with Crippen molar-refractivity contribution in [1.82, 2.24) is 9.97 Å². The van der Waals surface area contributed by atoms with Crippen LogP contribution >= 0.6 is 0 Å². The summed E-state index contributed by atoms with van der Waals surface area (Å²) >= 11 is 0. The molecule has 4 rings (SSSR count). The number of hydrogen-bond donors (Lipinski definition) is 2. The smallest absolute Gasteiger partial charge is 0.228 e. The maximum Gasteiger partial charge on any atom is 0.228 e.